The van der Waals surface area contributed by atoms with E-state index in [1.807, 2.05) is 0 Å². The second-order valence-electron chi connectivity index (χ2n) is 19.9. The largest absolute Gasteiger partial charge is 0.479 e. The first-order valence-corrected chi connectivity index (χ1v) is 39.4. The van der Waals surface area contributed by atoms with Crippen LogP contribution in [-0.2, 0) is 217 Å². The number of rotatable bonds is 37. The molecule has 5 aliphatic heterocycles. The predicted octanol–water partition coefficient (Wildman–Crippen LogP) is -10.9. The quantitative estimate of drug-likeness (QED) is 0.0257. The molecule has 0 radical (unpaired) electrons. The molecule has 5 aliphatic rings. The lowest BCUT2D eigenvalue weighted by Crippen LogP contribution is -2.70. The third-order valence-electron chi connectivity index (χ3n) is 13.3. The van der Waals surface area contributed by atoms with E-state index in [9.17, 15) is 155 Å². The Morgan fingerprint density at radius 2 is 0.490 bits per heavy atom. The van der Waals surface area contributed by atoms with Gasteiger partial charge < -0.3 is 76.9 Å². The summed E-state index contributed by atoms with van der Waals surface area (Å²) in [4.78, 5) is 26.6. The summed E-state index contributed by atoms with van der Waals surface area (Å²) in [5.74, 6) is -5.06. The zero-order chi connectivity index (χ0) is 78.0. The molecule has 0 spiro atoms. The van der Waals surface area contributed by atoms with E-state index in [1.165, 1.54) is 0 Å². The van der Waals surface area contributed by atoms with Crippen LogP contribution in [0.4, 0.5) is 0 Å². The van der Waals surface area contributed by atoms with Crippen LogP contribution in [0.15, 0.2) is 0 Å². The minimum Gasteiger partial charge on any atom is -0.479 e. The van der Waals surface area contributed by atoms with E-state index in [0.717, 1.165) is 14.2 Å². The van der Waals surface area contributed by atoms with Crippen LogP contribution in [0.2, 0.25) is 0 Å². The van der Waals surface area contributed by atoms with Crippen molar-refractivity contribution in [2.24, 2.45) is 0 Å². The summed E-state index contributed by atoms with van der Waals surface area (Å²) < 4.78 is 457. The average Bonchev–Trinajstić information content (AvgIpc) is 0.757. The molecule has 5 rings (SSSR count). The van der Waals surface area contributed by atoms with Gasteiger partial charge in [0, 0.05) is 28.4 Å². The van der Waals surface area contributed by atoms with Crippen molar-refractivity contribution < 1.29 is 258 Å². The van der Waals surface area contributed by atoms with Gasteiger partial charge in [-0.2, -0.15) is 84.2 Å². The van der Waals surface area contributed by atoms with E-state index >= 15 is 0 Å². The van der Waals surface area contributed by atoms with Gasteiger partial charge >= 0.3 is 116 Å². The van der Waals surface area contributed by atoms with Crippen LogP contribution in [0.5, 0.6) is 0 Å². The van der Waals surface area contributed by atoms with Crippen LogP contribution < -0.4 is 0 Å². The van der Waals surface area contributed by atoms with Gasteiger partial charge in [-0.05, 0) is 0 Å². The fourth-order valence-electron chi connectivity index (χ4n) is 10.0. The molecule has 600 valence electrons. The number of hydrogen-bond acceptors (Lipinski definition) is 46. The lowest BCUT2D eigenvalue weighted by atomic mass is 9.95. The van der Waals surface area contributed by atoms with E-state index in [-0.39, 0.29) is 0 Å². The maximum Gasteiger partial charge on any atom is 0.397 e. The highest BCUT2D eigenvalue weighted by Gasteiger charge is 2.63. The van der Waals surface area contributed by atoms with E-state index < -0.39 is 289 Å². The Balaban J connectivity index is 1.73. The van der Waals surface area contributed by atoms with Gasteiger partial charge in [-0.1, -0.05) is 0 Å². The molecule has 5 fully saturated rings. The molecule has 25 atom stereocenters. The number of carboxylic acid groups (broad SMARTS) is 2. The number of hydrogen-bond donors (Lipinski definition) is 13. The molecule has 13 N–H and O–H groups in total. The van der Waals surface area contributed by atoms with Crippen LogP contribution >= 0.6 is 0 Å². The highest BCUT2D eigenvalue weighted by atomic mass is 32.3. The summed E-state index contributed by atoms with van der Waals surface area (Å²) in [7, 11) is -58.7. The van der Waals surface area contributed by atoms with Gasteiger partial charge in [0.15, 0.2) is 74.2 Å². The van der Waals surface area contributed by atoms with Gasteiger partial charge in [0.1, 0.15) is 79.4 Å². The summed E-state index contributed by atoms with van der Waals surface area (Å²) in [5.41, 5.74) is 0. The van der Waals surface area contributed by atoms with E-state index in [0.29, 0.717) is 14.2 Å². The van der Waals surface area contributed by atoms with Crippen molar-refractivity contribution in [2.45, 2.75) is 154 Å². The smallest absolute Gasteiger partial charge is 0.397 e. The molecular weight excluding hydrogens is 1660 g/mol. The number of ether oxygens (including phenoxy) is 13. The standard InChI is InChI=1S/C34H56O58S10/c1-70-11-8(5-74-93(40,41)42)78-31(24(14(11)71-2)89-99(58,59)60)82-17-15(72-3)26(91-101(64,65)66)34(85-21(17)28(35)36)81-13-10(7-76-95(46,47)48)79-32(27(92-102(67,68)69)20(13)87-97(52,53)54)83-18-16(73-4)25(90-100(61,62)63)33(84-22(18)29(37)38)80-12-9(6-75-94(43,44)45)77-30(39)23(88-98(55,56)57)19(12)86-96(49,50)51/h8-27,30-34,39H,5-7H2,1-4H3,(H,35,36)(H,37,38)(H,40,41,42)(H,43,44,45)(H,46,47,48)(H,49,50,51)(H,52,53,54)(H,55,56,57)(H,58,59,60)(H,61,62,63)(H,64,65,66)(H,67,68,69)/t8-,9-,10-,11-,12-,13-,14+,15+,16+,17+,18+,19+,20+,21+,22-,23-,24-,25-,26-,27-,30?,31-,32-,33-,34-/m1/s1. The van der Waals surface area contributed by atoms with Crippen molar-refractivity contribution in [1.82, 2.24) is 0 Å². The molecule has 102 heavy (non-hydrogen) atoms. The van der Waals surface area contributed by atoms with Crippen LogP contribution in [0, 0.1) is 0 Å². The normalized spacial score (nSPS) is 36.1. The van der Waals surface area contributed by atoms with Crippen molar-refractivity contribution in [1.29, 1.82) is 0 Å². The molecule has 0 bridgehead atoms. The Morgan fingerprint density at radius 1 is 0.275 bits per heavy atom. The molecule has 0 aromatic carbocycles. The van der Waals surface area contributed by atoms with Gasteiger partial charge in [0.2, 0.25) is 0 Å². The summed E-state index contributed by atoms with van der Waals surface area (Å²) in [6.45, 7) is -5.40. The molecule has 1 unspecified atom stereocenters. The molecule has 5 heterocycles. The molecule has 0 aromatic heterocycles. The van der Waals surface area contributed by atoms with Gasteiger partial charge in [-0.25, -0.2) is 51.4 Å². The SMILES string of the molecule is CO[C@@H]1[C@@H](OS(=O)(=O)O)[C@H](O[C@H]2[C@H](OS(=O)(=O)O)[C@@H](OS(=O)(=O)O)[C@@H](O[C@H]3[C@H](OC)[C@@H](OS(=O)(=O)O)[C@H](O[C@H]4[C@H](OS(=O)(=O)O)[C@@H](OS(=O)(=O)O)C(O)O[C@@H]4COS(=O)(=O)O)O[C@H]3C(=O)O)O[C@@H]2COS(=O)(=O)O)O[C@H](C(=O)O)[C@H]1O[C@H]1O[C@H](COS(=O)(=O)O)[C@@H](OC)[C@H](OC)[C@H]1OS(=O)(=O)O. The molecule has 0 amide bonds. The van der Waals surface area contributed by atoms with E-state index in [2.05, 4.69) is 41.8 Å². The Kier molecular flexibility index (Phi) is 30.2. The molecule has 0 aromatic rings. The van der Waals surface area contributed by atoms with Crippen LogP contribution in [0.3, 0.4) is 0 Å². The van der Waals surface area contributed by atoms with E-state index in [4.69, 9.17) is 61.6 Å². The zero-order valence-electron chi connectivity index (χ0n) is 49.8. The van der Waals surface area contributed by atoms with Gasteiger partial charge in [-0.3, -0.25) is 45.5 Å². The molecule has 0 aliphatic carbocycles. The second-order valence-corrected chi connectivity index (χ2v) is 30.5. The van der Waals surface area contributed by atoms with Crippen LogP contribution in [0.25, 0.3) is 0 Å². The minimum absolute atomic E-state index is 0.347. The van der Waals surface area contributed by atoms with Crippen molar-refractivity contribution in [3.05, 3.63) is 0 Å². The van der Waals surface area contributed by atoms with Crippen LogP contribution in [0.1, 0.15) is 0 Å². The lowest BCUT2D eigenvalue weighted by molar-refractivity contribution is -0.383. The van der Waals surface area contributed by atoms with Crippen molar-refractivity contribution in [2.75, 3.05) is 48.3 Å². The number of aliphatic hydroxyl groups excluding tert-OH is 1. The van der Waals surface area contributed by atoms with Gasteiger partial charge in [0.25, 0.3) is 0 Å². The molecule has 58 nitrogen and oxygen atoms in total. The fraction of sp³-hybridized carbons (Fsp3) is 0.941. The topological polar surface area (TPSA) is 851 Å². The molecule has 68 heteroatoms. The first kappa shape index (κ1) is 89.7. The Morgan fingerprint density at radius 3 is 0.755 bits per heavy atom. The van der Waals surface area contributed by atoms with Crippen molar-refractivity contribution in [3.8, 4) is 0 Å². The lowest BCUT2D eigenvalue weighted by Gasteiger charge is -2.50. The van der Waals surface area contributed by atoms with Crippen LogP contribution in [-0.4, -0.2) is 359 Å². The van der Waals surface area contributed by atoms with Gasteiger partial charge in [-0.15, -0.1) is 0 Å². The number of carboxylic acids is 2. The number of aliphatic hydroxyl groups is 1. The third-order valence-corrected chi connectivity index (χ3v) is 17.9. The molecular formula is C34H56O58S10. The third kappa shape index (κ3) is 27.0. The Labute approximate surface area is 572 Å². The maximum absolute atomic E-state index is 13.3. The summed E-state index contributed by atoms with van der Waals surface area (Å²) in [6, 6.07) is 0. The summed E-state index contributed by atoms with van der Waals surface area (Å²) >= 11 is 0. The number of carbonyl (C=O) groups is 2. The average molecular weight is 1710 g/mol. The van der Waals surface area contributed by atoms with Crippen molar-refractivity contribution in [3.63, 3.8) is 0 Å². The Bertz CT molecular complexity index is 4100. The summed E-state index contributed by atoms with van der Waals surface area (Å²) in [5, 5.41) is 31.9. The maximum atomic E-state index is 13.3. The first-order valence-electron chi connectivity index (χ1n) is 25.7. The zero-order valence-corrected chi connectivity index (χ0v) is 58.0. The highest BCUT2D eigenvalue weighted by Crippen LogP contribution is 2.42. The first-order chi connectivity index (χ1) is 46.1. The highest BCUT2D eigenvalue weighted by molar-refractivity contribution is 7.83. The Hall–Kier alpha value is -2.92. The van der Waals surface area contributed by atoms with Gasteiger partial charge in [0.05, 0.1) is 19.8 Å². The molecule has 0 saturated carbocycles. The summed E-state index contributed by atoms with van der Waals surface area (Å²) in [6.07, 6.45) is -75.2. The van der Waals surface area contributed by atoms with E-state index in [1.54, 1.807) is 0 Å². The number of aliphatic carboxylic acids is 2. The second kappa shape index (κ2) is 34.3. The fourth-order valence-corrected chi connectivity index (χ4v) is 14.3. The molecule has 5 saturated heterocycles. The predicted molar refractivity (Wildman–Crippen MR) is 291 cm³/mol. The minimum atomic E-state index is -6.55. The van der Waals surface area contributed by atoms with Crippen molar-refractivity contribution >= 4 is 116 Å². The monoisotopic (exact) mass is 1710 g/mol. The number of methoxy groups -OCH3 is 4.